The standard InChI is InChI=1S/C73H133N2O15/c1-11-16-21-23-25-27-29-31-33-44-55-74(7,8)57-72(83)89-67(50-36-19-14-4)64(78)47-39-42-53-70(81)86-60-62(59-85-69(80)52-41-38-46-63(77)66(87-61(6)76)49-35-18-13-3)88-71(82)54-43-40-48-65(79)68(51-37-20-15-5)90-73(84)58-75(9,10)56-45-34-32-30-28-26-24-22-17-12-2/h38-43,62-68,77-79H,6,11-37,44-60H2,1-5,7-10H3/q+3/b41-38+,42-39+,43-40+. The normalized spacial score (nSPS) is 14.5. The van der Waals surface area contributed by atoms with Gasteiger partial charge in [0.25, 0.3) is 0 Å². The SMILES string of the molecule is [CH2+]C(=O)OC(CCCCC)C(O)C/C=C/CC(=O)OCC(COC(=O)C/C=C/CC(O)C(CCCCC)OC(=O)C[N+](C)(C)CCCCCCCCCCCC)OC(=O)C/C=C/CC(O)C(CCCCC)OC(=O)C[N+](C)(C)CCCCCCCCCCCC. The van der Waals surface area contributed by atoms with E-state index in [2.05, 4.69) is 34.6 Å². The molecule has 0 saturated carbocycles. The van der Waals surface area contributed by atoms with Crippen molar-refractivity contribution in [3.63, 3.8) is 0 Å². The Balaban J connectivity index is 5.76. The summed E-state index contributed by atoms with van der Waals surface area (Å²) < 4.78 is 34.7. The molecule has 0 aromatic heterocycles. The average molecular weight is 1280 g/mol. The van der Waals surface area contributed by atoms with Crippen LogP contribution in [-0.4, -0.2) is 170 Å². The van der Waals surface area contributed by atoms with Crippen molar-refractivity contribution in [3.8, 4) is 0 Å². The van der Waals surface area contributed by atoms with Crippen LogP contribution in [0.2, 0.25) is 0 Å². The van der Waals surface area contributed by atoms with Gasteiger partial charge in [0.1, 0.15) is 31.5 Å². The van der Waals surface area contributed by atoms with Gasteiger partial charge in [-0.15, -0.1) is 0 Å². The molecule has 17 nitrogen and oxygen atoms in total. The number of aliphatic hydroxyl groups excluding tert-OH is 3. The maximum atomic E-state index is 13.3. The molecule has 3 N–H and O–H groups in total. The number of nitrogens with zero attached hydrogens (tertiary/aromatic N) is 2. The third-order valence-corrected chi connectivity index (χ3v) is 16.4. The molecule has 0 spiro atoms. The van der Waals surface area contributed by atoms with Crippen molar-refractivity contribution in [1.29, 1.82) is 0 Å². The van der Waals surface area contributed by atoms with E-state index in [0.29, 0.717) is 28.2 Å². The zero-order valence-electron chi connectivity index (χ0n) is 58.5. The van der Waals surface area contributed by atoms with Crippen LogP contribution in [0.4, 0.5) is 0 Å². The Kier molecular flexibility index (Phi) is 53.6. The topological polar surface area (TPSA) is 218 Å². The van der Waals surface area contributed by atoms with Gasteiger partial charge in [-0.1, -0.05) is 212 Å². The number of unbranched alkanes of at least 4 members (excludes halogenated alkanes) is 24. The van der Waals surface area contributed by atoms with E-state index in [1.807, 2.05) is 35.1 Å². The lowest BCUT2D eigenvalue weighted by Gasteiger charge is -2.30. The number of rotatable bonds is 61. The first-order valence-corrected chi connectivity index (χ1v) is 35.7. The Labute approximate surface area is 547 Å². The van der Waals surface area contributed by atoms with Crippen LogP contribution < -0.4 is 0 Å². The van der Waals surface area contributed by atoms with Crippen LogP contribution in [0.3, 0.4) is 0 Å². The highest BCUT2D eigenvalue weighted by atomic mass is 16.6. The van der Waals surface area contributed by atoms with Crippen LogP contribution in [0, 0.1) is 6.92 Å². The molecule has 0 radical (unpaired) electrons. The summed E-state index contributed by atoms with van der Waals surface area (Å²) in [5.74, 6) is -3.50. The van der Waals surface area contributed by atoms with E-state index in [0.717, 1.165) is 96.6 Å². The van der Waals surface area contributed by atoms with E-state index < -0.39 is 79.8 Å². The largest absolute Gasteiger partial charge is 0.493 e. The van der Waals surface area contributed by atoms with E-state index in [9.17, 15) is 44.1 Å². The van der Waals surface area contributed by atoms with Gasteiger partial charge in [-0.05, 0) is 83.5 Å². The predicted octanol–water partition coefficient (Wildman–Crippen LogP) is 14.4. The molecule has 0 heterocycles. The zero-order chi connectivity index (χ0) is 67.1. The van der Waals surface area contributed by atoms with Gasteiger partial charge < -0.3 is 52.7 Å². The molecule has 7 atom stereocenters. The monoisotopic (exact) mass is 1280 g/mol. The van der Waals surface area contributed by atoms with E-state index in [1.165, 1.54) is 115 Å². The lowest BCUT2D eigenvalue weighted by atomic mass is 10.0. The molecule has 0 bridgehead atoms. The van der Waals surface area contributed by atoms with Crippen LogP contribution in [0.15, 0.2) is 36.5 Å². The first-order chi connectivity index (χ1) is 43.1. The lowest BCUT2D eigenvalue weighted by Crippen LogP contribution is -2.46. The maximum absolute atomic E-state index is 13.3. The second-order valence-corrected chi connectivity index (χ2v) is 26.5. The van der Waals surface area contributed by atoms with Gasteiger partial charge in [-0.2, -0.15) is 4.79 Å². The molecule has 0 aliphatic rings. The summed E-state index contributed by atoms with van der Waals surface area (Å²) in [7, 11) is 8.13. The fraction of sp³-hybridized carbons (Fsp3) is 0.822. The molecule has 0 saturated heterocycles. The molecule has 522 valence electrons. The Morgan fingerprint density at radius 2 is 0.633 bits per heavy atom. The van der Waals surface area contributed by atoms with E-state index in [-0.39, 0.29) is 63.6 Å². The molecule has 0 aliphatic carbocycles. The minimum absolute atomic E-state index is 0.109. The number of hydrogen-bond donors (Lipinski definition) is 3. The Morgan fingerprint density at radius 3 is 0.944 bits per heavy atom. The number of carbonyl (C=O) groups excluding carboxylic acids is 6. The van der Waals surface area contributed by atoms with E-state index >= 15 is 0 Å². The molecule has 7 unspecified atom stereocenters. The van der Waals surface area contributed by atoms with Gasteiger partial charge in [0.05, 0.1) is 78.9 Å². The van der Waals surface area contributed by atoms with Crippen LogP contribution in [0.1, 0.15) is 279 Å². The molecular weight excluding hydrogens is 1140 g/mol. The number of carbonyl (C=O) groups is 6. The van der Waals surface area contributed by atoms with Gasteiger partial charge in [0, 0.05) is 0 Å². The van der Waals surface area contributed by atoms with E-state index in [1.54, 1.807) is 24.3 Å². The fourth-order valence-corrected chi connectivity index (χ4v) is 10.8. The van der Waals surface area contributed by atoms with Crippen LogP contribution >= 0.6 is 0 Å². The number of esters is 6. The minimum Gasteiger partial charge on any atom is -0.461 e. The molecule has 17 heteroatoms. The predicted molar refractivity (Wildman–Crippen MR) is 360 cm³/mol. The zero-order valence-corrected chi connectivity index (χ0v) is 58.5. The summed E-state index contributed by atoms with van der Waals surface area (Å²) in [5, 5.41) is 33.3. The highest BCUT2D eigenvalue weighted by molar-refractivity contribution is 5.74. The number of hydrogen-bond acceptors (Lipinski definition) is 15. The minimum atomic E-state index is -1.19. The molecule has 0 aromatic carbocycles. The maximum Gasteiger partial charge on any atom is 0.493 e. The van der Waals surface area contributed by atoms with Gasteiger partial charge in [0.15, 0.2) is 26.1 Å². The molecule has 90 heavy (non-hydrogen) atoms. The first kappa shape index (κ1) is 85.7. The molecular formula is C73H133N2O15+3. The smallest absolute Gasteiger partial charge is 0.461 e. The molecule has 0 rings (SSSR count). The van der Waals surface area contributed by atoms with Crippen molar-refractivity contribution >= 4 is 35.8 Å². The summed E-state index contributed by atoms with van der Waals surface area (Å²) in [5.41, 5.74) is 0. The van der Waals surface area contributed by atoms with Crippen molar-refractivity contribution in [2.75, 3.05) is 67.6 Å². The molecule has 0 amide bonds. The highest BCUT2D eigenvalue weighted by Crippen LogP contribution is 2.20. The average Bonchev–Trinajstić information content (AvgIpc) is 3.70. The van der Waals surface area contributed by atoms with Gasteiger partial charge >= 0.3 is 35.8 Å². The van der Waals surface area contributed by atoms with Gasteiger partial charge in [0.2, 0.25) is 0 Å². The molecule has 0 aliphatic heterocycles. The van der Waals surface area contributed by atoms with Crippen LogP contribution in [-0.2, 0) is 57.2 Å². The number of aliphatic hydroxyl groups is 3. The first-order valence-electron chi connectivity index (χ1n) is 35.7. The van der Waals surface area contributed by atoms with E-state index in [4.69, 9.17) is 28.4 Å². The Morgan fingerprint density at radius 1 is 0.356 bits per heavy atom. The van der Waals surface area contributed by atoms with Crippen molar-refractivity contribution in [2.24, 2.45) is 0 Å². The molecule has 0 aromatic rings. The third kappa shape index (κ3) is 51.2. The van der Waals surface area contributed by atoms with Crippen molar-refractivity contribution in [2.45, 2.75) is 321 Å². The highest BCUT2D eigenvalue weighted by Gasteiger charge is 2.30. The Bertz CT molecular complexity index is 1920. The molecule has 0 fully saturated rings. The number of quaternary nitrogens is 2. The second kappa shape index (κ2) is 56.3. The van der Waals surface area contributed by atoms with Gasteiger partial charge in [-0.3, -0.25) is 14.4 Å². The number of likely N-dealkylation sites (N-methyl/N-ethyl adjacent to an activating group) is 2. The Hall–Kier alpha value is -4.29. The summed E-state index contributed by atoms with van der Waals surface area (Å²) in [6.07, 6.45) is 37.1. The van der Waals surface area contributed by atoms with Crippen molar-refractivity contribution < 1.29 is 81.5 Å². The summed E-state index contributed by atoms with van der Waals surface area (Å²) in [6, 6.07) is 0. The summed E-state index contributed by atoms with van der Waals surface area (Å²) in [6.45, 7) is 15.2. The lowest BCUT2D eigenvalue weighted by molar-refractivity contribution is -0.883. The third-order valence-electron chi connectivity index (χ3n) is 16.4. The van der Waals surface area contributed by atoms with Gasteiger partial charge in [-0.25, -0.2) is 9.59 Å². The van der Waals surface area contributed by atoms with Crippen molar-refractivity contribution in [1.82, 2.24) is 0 Å². The summed E-state index contributed by atoms with van der Waals surface area (Å²) >= 11 is 0. The van der Waals surface area contributed by atoms with Crippen LogP contribution in [0.25, 0.3) is 0 Å². The second-order valence-electron chi connectivity index (χ2n) is 26.5. The quantitative estimate of drug-likeness (QED) is 0.0129. The van der Waals surface area contributed by atoms with Crippen LogP contribution in [0.5, 0.6) is 0 Å². The summed E-state index contributed by atoms with van der Waals surface area (Å²) in [4.78, 5) is 77.4. The van der Waals surface area contributed by atoms with Crippen molar-refractivity contribution in [3.05, 3.63) is 43.4 Å². The fourth-order valence-electron chi connectivity index (χ4n) is 10.8. The number of ether oxygens (including phenoxy) is 6.